The Morgan fingerprint density at radius 2 is 1.75 bits per heavy atom. The van der Waals surface area contributed by atoms with Gasteiger partial charge >= 0.3 is 5.97 Å². The van der Waals surface area contributed by atoms with Crippen molar-refractivity contribution < 1.29 is 19.1 Å². The highest BCUT2D eigenvalue weighted by atomic mass is 35.5. The first-order valence-corrected chi connectivity index (χ1v) is 7.69. The Morgan fingerprint density at radius 3 is 2.38 bits per heavy atom. The lowest BCUT2D eigenvalue weighted by Crippen LogP contribution is -2.30. The topological polar surface area (TPSA) is 64.6 Å². The van der Waals surface area contributed by atoms with Crippen LogP contribution in [0.4, 0.5) is 0 Å². The zero-order chi connectivity index (χ0) is 17.5. The van der Waals surface area contributed by atoms with Crippen molar-refractivity contribution in [2.75, 3.05) is 14.2 Å². The number of amides is 1. The van der Waals surface area contributed by atoms with Gasteiger partial charge in [0.15, 0.2) is 0 Å². The van der Waals surface area contributed by atoms with Crippen molar-refractivity contribution in [3.05, 3.63) is 64.7 Å². The van der Waals surface area contributed by atoms with E-state index < -0.39 is 12.0 Å². The lowest BCUT2D eigenvalue weighted by Gasteiger charge is -2.19. The first-order valence-electron chi connectivity index (χ1n) is 7.31. The molecule has 2 rings (SSSR count). The van der Waals surface area contributed by atoms with E-state index in [1.165, 1.54) is 14.2 Å². The molecule has 1 amide bonds. The molecule has 0 aromatic heterocycles. The fourth-order valence-corrected chi connectivity index (χ4v) is 2.39. The Balaban J connectivity index is 2.25. The van der Waals surface area contributed by atoms with E-state index in [9.17, 15) is 9.59 Å². The lowest BCUT2D eigenvalue weighted by molar-refractivity contribution is -0.141. The summed E-state index contributed by atoms with van der Waals surface area (Å²) in [4.78, 5) is 24.3. The van der Waals surface area contributed by atoms with E-state index >= 15 is 0 Å². The van der Waals surface area contributed by atoms with Crippen molar-refractivity contribution >= 4 is 23.5 Å². The number of esters is 1. The van der Waals surface area contributed by atoms with Gasteiger partial charge in [0.1, 0.15) is 5.75 Å². The summed E-state index contributed by atoms with van der Waals surface area (Å²) in [6.45, 7) is 0. The van der Waals surface area contributed by atoms with E-state index in [0.717, 1.165) is 5.56 Å². The fourth-order valence-electron chi connectivity index (χ4n) is 2.27. The van der Waals surface area contributed by atoms with Crippen LogP contribution in [-0.2, 0) is 9.53 Å². The number of rotatable bonds is 6. The summed E-state index contributed by atoms with van der Waals surface area (Å²) in [6.07, 6.45) is 0.0129. The van der Waals surface area contributed by atoms with Gasteiger partial charge in [-0.05, 0) is 29.8 Å². The molecule has 5 nitrogen and oxygen atoms in total. The third-order valence-corrected chi connectivity index (χ3v) is 3.78. The molecular formula is C18H18ClNO4. The molecule has 0 bridgehead atoms. The summed E-state index contributed by atoms with van der Waals surface area (Å²) in [5, 5.41) is 3.42. The highest BCUT2D eigenvalue weighted by Crippen LogP contribution is 2.23. The minimum atomic E-state index is -0.535. The molecule has 0 spiro atoms. The molecule has 6 heteroatoms. The van der Waals surface area contributed by atoms with E-state index in [1.54, 1.807) is 48.5 Å². The number of para-hydroxylation sites is 1. The maximum absolute atomic E-state index is 12.6. The van der Waals surface area contributed by atoms with Gasteiger partial charge in [-0.3, -0.25) is 9.59 Å². The molecule has 0 aliphatic heterocycles. The molecule has 2 aromatic carbocycles. The van der Waals surface area contributed by atoms with Crippen LogP contribution in [0.25, 0.3) is 0 Å². The molecule has 0 saturated heterocycles. The van der Waals surface area contributed by atoms with Crippen molar-refractivity contribution in [1.29, 1.82) is 0 Å². The summed E-state index contributed by atoms with van der Waals surface area (Å²) < 4.78 is 9.92. The van der Waals surface area contributed by atoms with Crippen molar-refractivity contribution in [3.63, 3.8) is 0 Å². The van der Waals surface area contributed by atoms with Gasteiger partial charge in [0.25, 0.3) is 5.91 Å². The van der Waals surface area contributed by atoms with Gasteiger partial charge in [0.2, 0.25) is 0 Å². The number of hydrogen-bond donors (Lipinski definition) is 1. The number of benzene rings is 2. The molecular weight excluding hydrogens is 330 g/mol. The van der Waals surface area contributed by atoms with Crippen LogP contribution in [0, 0.1) is 0 Å². The van der Waals surface area contributed by atoms with Crippen molar-refractivity contribution in [2.45, 2.75) is 12.5 Å². The van der Waals surface area contributed by atoms with E-state index in [0.29, 0.717) is 16.3 Å². The molecule has 2 aromatic rings. The highest BCUT2D eigenvalue weighted by Gasteiger charge is 2.21. The third-order valence-electron chi connectivity index (χ3n) is 3.53. The molecule has 0 saturated carbocycles. The normalized spacial score (nSPS) is 11.5. The van der Waals surface area contributed by atoms with Crippen LogP contribution < -0.4 is 10.1 Å². The van der Waals surface area contributed by atoms with Gasteiger partial charge in [-0.2, -0.15) is 0 Å². The average molecular weight is 348 g/mol. The van der Waals surface area contributed by atoms with Crippen LogP contribution in [-0.4, -0.2) is 26.1 Å². The molecule has 1 N–H and O–H groups in total. The van der Waals surface area contributed by atoms with Crippen molar-refractivity contribution in [3.8, 4) is 5.75 Å². The van der Waals surface area contributed by atoms with Gasteiger partial charge in [-0.1, -0.05) is 35.9 Å². The molecule has 0 aliphatic rings. The summed E-state index contributed by atoms with van der Waals surface area (Å²) in [5.41, 5.74) is 1.15. The lowest BCUT2D eigenvalue weighted by atomic mass is 10.0. The number of nitrogens with one attached hydrogen (secondary N) is 1. The van der Waals surface area contributed by atoms with Gasteiger partial charge in [-0.15, -0.1) is 0 Å². The Kier molecular flexibility index (Phi) is 6.21. The van der Waals surface area contributed by atoms with Crippen molar-refractivity contribution in [2.24, 2.45) is 0 Å². The molecule has 0 radical (unpaired) electrons. The summed E-state index contributed by atoms with van der Waals surface area (Å²) in [7, 11) is 2.81. The van der Waals surface area contributed by atoms with Gasteiger partial charge < -0.3 is 14.8 Å². The van der Waals surface area contributed by atoms with E-state index in [-0.39, 0.29) is 12.3 Å². The molecule has 0 fully saturated rings. The maximum Gasteiger partial charge on any atom is 0.307 e. The molecule has 126 valence electrons. The zero-order valence-electron chi connectivity index (χ0n) is 13.4. The summed E-state index contributed by atoms with van der Waals surface area (Å²) >= 11 is 5.90. The van der Waals surface area contributed by atoms with Crippen LogP contribution in [0.5, 0.6) is 5.75 Å². The van der Waals surface area contributed by atoms with Crippen LogP contribution in [0.15, 0.2) is 48.5 Å². The second kappa shape index (κ2) is 8.36. The second-order valence-corrected chi connectivity index (χ2v) is 5.49. The number of methoxy groups -OCH3 is 2. The monoisotopic (exact) mass is 347 g/mol. The number of carbonyl (C=O) groups excluding carboxylic acids is 2. The van der Waals surface area contributed by atoms with Gasteiger partial charge in [-0.25, -0.2) is 0 Å². The van der Waals surface area contributed by atoms with Crippen LogP contribution >= 0.6 is 11.6 Å². The molecule has 0 heterocycles. The van der Waals surface area contributed by atoms with E-state index in [2.05, 4.69) is 5.32 Å². The minimum Gasteiger partial charge on any atom is -0.496 e. The first kappa shape index (κ1) is 17.8. The Hall–Kier alpha value is -2.53. The second-order valence-electron chi connectivity index (χ2n) is 5.06. The largest absolute Gasteiger partial charge is 0.496 e. The van der Waals surface area contributed by atoms with Crippen LogP contribution in [0.2, 0.25) is 5.02 Å². The van der Waals surface area contributed by atoms with Crippen molar-refractivity contribution in [1.82, 2.24) is 5.32 Å². The van der Waals surface area contributed by atoms with Gasteiger partial charge in [0.05, 0.1) is 32.2 Å². The quantitative estimate of drug-likeness (QED) is 0.813. The first-order chi connectivity index (χ1) is 11.5. The SMILES string of the molecule is COC(=O)C[C@@H](NC(=O)c1ccccc1OC)c1ccc(Cl)cc1. The third kappa shape index (κ3) is 4.49. The molecule has 0 unspecified atom stereocenters. The fraction of sp³-hybridized carbons (Fsp3) is 0.222. The minimum absolute atomic E-state index is 0.0129. The molecule has 24 heavy (non-hydrogen) atoms. The highest BCUT2D eigenvalue weighted by molar-refractivity contribution is 6.30. The van der Waals surface area contributed by atoms with Crippen LogP contribution in [0.1, 0.15) is 28.4 Å². The Morgan fingerprint density at radius 1 is 1.08 bits per heavy atom. The average Bonchev–Trinajstić information content (AvgIpc) is 2.61. The Labute approximate surface area is 145 Å². The standard InChI is InChI=1S/C18H18ClNO4/c1-23-16-6-4-3-5-14(16)18(22)20-15(11-17(21)24-2)12-7-9-13(19)10-8-12/h3-10,15H,11H2,1-2H3,(H,20,22)/t15-/m1/s1. The van der Waals surface area contributed by atoms with E-state index in [4.69, 9.17) is 21.1 Å². The molecule has 1 atom stereocenters. The van der Waals surface area contributed by atoms with Gasteiger partial charge in [0, 0.05) is 5.02 Å². The summed E-state index contributed by atoms with van der Waals surface area (Å²) in [5.74, 6) is -0.297. The predicted molar refractivity (Wildman–Crippen MR) is 91.3 cm³/mol. The Bertz CT molecular complexity index is 715. The van der Waals surface area contributed by atoms with E-state index in [1.807, 2.05) is 0 Å². The molecule has 0 aliphatic carbocycles. The van der Waals surface area contributed by atoms with Crippen LogP contribution in [0.3, 0.4) is 0 Å². The number of ether oxygens (including phenoxy) is 2. The zero-order valence-corrected chi connectivity index (χ0v) is 14.2. The number of halogens is 1. The summed E-state index contributed by atoms with van der Waals surface area (Å²) in [6, 6.07) is 13.3. The predicted octanol–water partition coefficient (Wildman–Crippen LogP) is 3.38. The smallest absolute Gasteiger partial charge is 0.307 e. The number of carbonyl (C=O) groups is 2. The number of hydrogen-bond acceptors (Lipinski definition) is 4. The maximum atomic E-state index is 12.6.